The fourth-order valence-electron chi connectivity index (χ4n) is 9.48. The predicted octanol–water partition coefficient (Wildman–Crippen LogP) is 22.7. The third kappa shape index (κ3) is 63.3. The zero-order chi connectivity index (χ0) is 55.7. The first kappa shape index (κ1) is 73.6. The van der Waals surface area contributed by atoms with Crippen molar-refractivity contribution in [2.24, 2.45) is 0 Å². The van der Waals surface area contributed by atoms with Gasteiger partial charge in [0.15, 0.2) is 6.10 Å². The molecule has 1 unspecified atom stereocenters. The van der Waals surface area contributed by atoms with Crippen LogP contribution in [0, 0.1) is 0 Å². The maximum absolute atomic E-state index is 12.9. The van der Waals surface area contributed by atoms with Crippen LogP contribution >= 0.6 is 0 Å². The summed E-state index contributed by atoms with van der Waals surface area (Å²) in [5, 5.41) is 0. The molecule has 77 heavy (non-hydrogen) atoms. The molecule has 0 aliphatic rings. The molecule has 6 nitrogen and oxygen atoms in total. The topological polar surface area (TPSA) is 78.9 Å². The lowest BCUT2D eigenvalue weighted by molar-refractivity contribution is -0.167. The quantitative estimate of drug-likeness (QED) is 0.0261. The van der Waals surface area contributed by atoms with Crippen LogP contribution in [0.2, 0.25) is 0 Å². The van der Waals surface area contributed by atoms with Crippen molar-refractivity contribution in [1.82, 2.24) is 0 Å². The van der Waals surface area contributed by atoms with E-state index in [-0.39, 0.29) is 31.1 Å². The number of hydrogen-bond donors (Lipinski definition) is 0. The van der Waals surface area contributed by atoms with Gasteiger partial charge >= 0.3 is 17.9 Å². The molecule has 0 amide bonds. The first-order chi connectivity index (χ1) is 38.0. The maximum atomic E-state index is 12.9. The fraction of sp³-hybridized carbons (Fsp3) is 0.761. The minimum atomic E-state index is -0.772. The van der Waals surface area contributed by atoms with Gasteiger partial charge in [-0.2, -0.15) is 0 Å². The lowest BCUT2D eigenvalue weighted by atomic mass is 10.0. The van der Waals surface area contributed by atoms with Crippen molar-refractivity contribution in [2.45, 2.75) is 335 Å². The smallest absolute Gasteiger partial charge is 0.306 e. The van der Waals surface area contributed by atoms with E-state index in [1.807, 2.05) is 0 Å². The lowest BCUT2D eigenvalue weighted by Gasteiger charge is -2.18. The standard InChI is InChI=1S/C71H124O6/c1-4-7-10-13-16-18-20-22-24-26-28-29-30-31-32-33-34-35-36-37-38-39-40-41-43-44-46-48-50-52-55-58-61-64-70(73)76-67-68(66-75-69(72)63-60-57-54-15-12-9-6-3)77-71(74)65-62-59-56-53-51-49-47-45-42-27-25-23-21-19-17-14-11-8-5-2/h7,10,16,18,22,24,28-29,31-32,34-35,37-38,68H,4-6,8-9,11-15,17,19-21,23,25-27,30,33,36,39-67H2,1-3H3/b10-7-,18-16-,24-22-,29-28-,32-31-,35-34-,38-37-. The van der Waals surface area contributed by atoms with Crippen LogP contribution in [0.1, 0.15) is 329 Å². The van der Waals surface area contributed by atoms with E-state index in [1.165, 1.54) is 186 Å². The van der Waals surface area contributed by atoms with Crippen LogP contribution in [-0.2, 0) is 28.6 Å². The summed E-state index contributed by atoms with van der Waals surface area (Å²) in [6.07, 6.45) is 86.2. The van der Waals surface area contributed by atoms with Gasteiger partial charge < -0.3 is 14.2 Å². The summed E-state index contributed by atoms with van der Waals surface area (Å²) >= 11 is 0. The van der Waals surface area contributed by atoms with Gasteiger partial charge in [0.1, 0.15) is 13.2 Å². The van der Waals surface area contributed by atoms with Crippen LogP contribution in [-0.4, -0.2) is 37.2 Å². The summed E-state index contributed by atoms with van der Waals surface area (Å²) in [5.74, 6) is -0.866. The van der Waals surface area contributed by atoms with Gasteiger partial charge in [-0.1, -0.05) is 318 Å². The largest absolute Gasteiger partial charge is 0.462 e. The number of carbonyl (C=O) groups excluding carboxylic acids is 3. The van der Waals surface area contributed by atoms with Crippen LogP contribution in [0.4, 0.5) is 0 Å². The summed E-state index contributed by atoms with van der Waals surface area (Å²) in [7, 11) is 0. The lowest BCUT2D eigenvalue weighted by Crippen LogP contribution is -2.30. The Bertz CT molecular complexity index is 1470. The SMILES string of the molecule is CC/C=C\C/C=C\C/C=C\C/C=C\C/C=C\C/C=C\C/C=C\CCCCCCCCCCCCCC(=O)OCC(COC(=O)CCCCCCCCC)OC(=O)CCCCCCCCCCCCCCCCCCCCC. The van der Waals surface area contributed by atoms with Crippen LogP contribution in [0.3, 0.4) is 0 Å². The summed E-state index contributed by atoms with van der Waals surface area (Å²) < 4.78 is 16.9. The van der Waals surface area contributed by atoms with Gasteiger partial charge in [0, 0.05) is 19.3 Å². The molecule has 0 N–H and O–H groups in total. The van der Waals surface area contributed by atoms with Crippen molar-refractivity contribution in [2.75, 3.05) is 13.2 Å². The summed E-state index contributed by atoms with van der Waals surface area (Å²) in [6, 6.07) is 0. The van der Waals surface area contributed by atoms with Gasteiger partial charge in [0.05, 0.1) is 0 Å². The third-order valence-electron chi connectivity index (χ3n) is 14.4. The average molecular weight is 1070 g/mol. The van der Waals surface area contributed by atoms with Crippen molar-refractivity contribution >= 4 is 17.9 Å². The van der Waals surface area contributed by atoms with Gasteiger partial charge in [-0.25, -0.2) is 0 Å². The van der Waals surface area contributed by atoms with Gasteiger partial charge in [0.2, 0.25) is 0 Å². The zero-order valence-electron chi connectivity index (χ0n) is 51.0. The molecule has 0 bridgehead atoms. The molecular formula is C71H124O6. The Morgan fingerprint density at radius 1 is 0.273 bits per heavy atom. The number of carbonyl (C=O) groups is 3. The van der Waals surface area contributed by atoms with Crippen LogP contribution < -0.4 is 0 Å². The highest BCUT2D eigenvalue weighted by Gasteiger charge is 2.19. The van der Waals surface area contributed by atoms with E-state index in [4.69, 9.17) is 14.2 Å². The maximum Gasteiger partial charge on any atom is 0.306 e. The molecule has 0 aliphatic heterocycles. The second-order valence-corrected chi connectivity index (χ2v) is 22.0. The van der Waals surface area contributed by atoms with Crippen LogP contribution in [0.5, 0.6) is 0 Å². The summed E-state index contributed by atoms with van der Waals surface area (Å²) in [4.78, 5) is 38.1. The molecule has 0 heterocycles. The molecular weight excluding hydrogens is 949 g/mol. The molecule has 0 aromatic carbocycles. The number of rotatable bonds is 60. The average Bonchev–Trinajstić information content (AvgIpc) is 3.43. The Balaban J connectivity index is 4.08. The molecule has 1 atom stereocenters. The highest BCUT2D eigenvalue weighted by Crippen LogP contribution is 2.17. The fourth-order valence-corrected chi connectivity index (χ4v) is 9.48. The van der Waals surface area contributed by atoms with E-state index in [0.29, 0.717) is 19.3 Å². The van der Waals surface area contributed by atoms with E-state index in [1.54, 1.807) is 0 Å². The van der Waals surface area contributed by atoms with E-state index in [0.717, 1.165) is 103 Å². The van der Waals surface area contributed by atoms with E-state index in [9.17, 15) is 14.4 Å². The molecule has 0 aromatic heterocycles. The van der Waals surface area contributed by atoms with Crippen molar-refractivity contribution in [3.63, 3.8) is 0 Å². The van der Waals surface area contributed by atoms with Gasteiger partial charge in [-0.15, -0.1) is 0 Å². The molecule has 0 saturated heterocycles. The molecule has 0 aromatic rings. The minimum Gasteiger partial charge on any atom is -0.462 e. The second kappa shape index (κ2) is 65.1. The van der Waals surface area contributed by atoms with Gasteiger partial charge in [-0.3, -0.25) is 14.4 Å². The zero-order valence-corrected chi connectivity index (χ0v) is 51.0. The highest BCUT2D eigenvalue weighted by molar-refractivity contribution is 5.71. The number of ether oxygens (including phenoxy) is 3. The van der Waals surface area contributed by atoms with Gasteiger partial charge in [0.25, 0.3) is 0 Å². The predicted molar refractivity (Wildman–Crippen MR) is 334 cm³/mol. The molecule has 6 heteroatoms. The molecule has 0 radical (unpaired) electrons. The minimum absolute atomic E-state index is 0.0722. The first-order valence-corrected chi connectivity index (χ1v) is 33.1. The Labute approximate surface area is 477 Å². The molecule has 444 valence electrons. The van der Waals surface area contributed by atoms with Gasteiger partial charge in [-0.05, 0) is 77.0 Å². The van der Waals surface area contributed by atoms with Crippen LogP contribution in [0.25, 0.3) is 0 Å². The Morgan fingerprint density at radius 2 is 0.506 bits per heavy atom. The van der Waals surface area contributed by atoms with Crippen LogP contribution in [0.15, 0.2) is 85.1 Å². The molecule has 0 fully saturated rings. The van der Waals surface area contributed by atoms with Crippen molar-refractivity contribution < 1.29 is 28.6 Å². The second-order valence-electron chi connectivity index (χ2n) is 22.0. The summed E-state index contributed by atoms with van der Waals surface area (Å²) in [6.45, 7) is 6.52. The van der Waals surface area contributed by atoms with E-state index in [2.05, 4.69) is 106 Å². The van der Waals surface area contributed by atoms with Crippen molar-refractivity contribution in [1.29, 1.82) is 0 Å². The highest BCUT2D eigenvalue weighted by atomic mass is 16.6. The Kier molecular flexibility index (Phi) is 62.2. The molecule has 0 rings (SSSR count). The molecule has 0 aliphatic carbocycles. The monoisotopic (exact) mass is 1070 g/mol. The first-order valence-electron chi connectivity index (χ1n) is 33.1. The Hall–Kier alpha value is -3.41. The van der Waals surface area contributed by atoms with Crippen molar-refractivity contribution in [3.05, 3.63) is 85.1 Å². The third-order valence-corrected chi connectivity index (χ3v) is 14.4. The Morgan fingerprint density at radius 3 is 0.792 bits per heavy atom. The number of allylic oxidation sites excluding steroid dienone is 14. The summed E-state index contributed by atoms with van der Waals surface area (Å²) in [5.41, 5.74) is 0. The molecule has 0 spiro atoms. The van der Waals surface area contributed by atoms with Crippen molar-refractivity contribution in [3.8, 4) is 0 Å². The van der Waals surface area contributed by atoms with E-state index >= 15 is 0 Å². The normalized spacial score (nSPS) is 12.6. The number of unbranched alkanes of at least 4 members (excludes halogenated alkanes) is 35. The van der Waals surface area contributed by atoms with E-state index < -0.39 is 6.10 Å². The number of esters is 3. The molecule has 0 saturated carbocycles. The number of hydrogen-bond acceptors (Lipinski definition) is 6.